The predicted octanol–water partition coefficient (Wildman–Crippen LogP) is 0.0255. The van der Waals surface area contributed by atoms with Crippen LogP contribution in [0.2, 0.25) is 0 Å². The van der Waals surface area contributed by atoms with Crippen molar-refractivity contribution < 1.29 is 13.0 Å². The summed E-state index contributed by atoms with van der Waals surface area (Å²) in [6, 6.07) is 2.39. The summed E-state index contributed by atoms with van der Waals surface area (Å²) >= 11 is 0. The fourth-order valence-corrected chi connectivity index (χ4v) is 2.67. The van der Waals surface area contributed by atoms with Crippen LogP contribution >= 0.6 is 0 Å². The van der Waals surface area contributed by atoms with Crippen molar-refractivity contribution in [2.45, 2.75) is 18.2 Å². The SMILES string of the molecule is CCc1c(S(=O)(=O)O)ccc2c(=O)[nH]c(=O)[nH]c12. The molecular weight excluding hydrogens is 260 g/mol. The second-order valence-electron chi connectivity index (χ2n) is 3.70. The van der Waals surface area contributed by atoms with Crippen LogP contribution in [-0.4, -0.2) is 22.9 Å². The summed E-state index contributed by atoms with van der Waals surface area (Å²) in [6.45, 7) is 1.66. The van der Waals surface area contributed by atoms with Crippen LogP contribution in [0.15, 0.2) is 26.6 Å². The van der Waals surface area contributed by atoms with Crippen molar-refractivity contribution in [3.63, 3.8) is 0 Å². The molecule has 0 unspecified atom stereocenters. The van der Waals surface area contributed by atoms with Gasteiger partial charge in [-0.15, -0.1) is 0 Å². The summed E-state index contributed by atoms with van der Waals surface area (Å²) in [5.74, 6) is 0. The van der Waals surface area contributed by atoms with E-state index in [1.165, 1.54) is 6.07 Å². The number of hydrogen-bond donors (Lipinski definition) is 3. The molecule has 2 rings (SSSR count). The lowest BCUT2D eigenvalue weighted by molar-refractivity contribution is 0.482. The molecule has 18 heavy (non-hydrogen) atoms. The Balaban J connectivity index is 3.06. The van der Waals surface area contributed by atoms with Crippen molar-refractivity contribution in [1.29, 1.82) is 0 Å². The number of fused-ring (bicyclic) bond motifs is 1. The minimum absolute atomic E-state index is 0.126. The molecule has 0 aliphatic heterocycles. The monoisotopic (exact) mass is 270 g/mol. The maximum Gasteiger partial charge on any atom is 0.326 e. The summed E-state index contributed by atoms with van der Waals surface area (Å²) in [4.78, 5) is 26.9. The van der Waals surface area contributed by atoms with E-state index in [9.17, 15) is 18.0 Å². The first kappa shape index (κ1) is 12.5. The van der Waals surface area contributed by atoms with Gasteiger partial charge in [0.05, 0.1) is 15.8 Å². The lowest BCUT2D eigenvalue weighted by Gasteiger charge is -2.08. The summed E-state index contributed by atoms with van der Waals surface area (Å²) in [5.41, 5.74) is -1.00. The van der Waals surface area contributed by atoms with E-state index in [-0.39, 0.29) is 27.8 Å². The Bertz CT molecular complexity index is 831. The van der Waals surface area contributed by atoms with Crippen LogP contribution < -0.4 is 11.2 Å². The van der Waals surface area contributed by atoms with E-state index < -0.39 is 21.4 Å². The number of rotatable bonds is 2. The summed E-state index contributed by atoms with van der Waals surface area (Å²) in [6.07, 6.45) is 0.242. The van der Waals surface area contributed by atoms with Gasteiger partial charge in [-0.2, -0.15) is 8.42 Å². The molecule has 96 valence electrons. The standard InChI is InChI=1S/C10H10N2O5S/c1-2-5-7(18(15,16)17)4-3-6-8(5)11-10(14)12-9(6)13/h3-4H,2H2,1H3,(H,15,16,17)(H2,11,12,13,14). The number of aryl methyl sites for hydroxylation is 1. The van der Waals surface area contributed by atoms with Gasteiger partial charge in [-0.3, -0.25) is 14.3 Å². The lowest BCUT2D eigenvalue weighted by atomic mass is 10.1. The second-order valence-corrected chi connectivity index (χ2v) is 5.09. The highest BCUT2D eigenvalue weighted by Gasteiger charge is 2.18. The summed E-state index contributed by atoms with van der Waals surface area (Å²) < 4.78 is 31.5. The van der Waals surface area contributed by atoms with E-state index in [1.54, 1.807) is 6.92 Å². The number of aromatic amines is 2. The summed E-state index contributed by atoms with van der Waals surface area (Å²) in [5, 5.41) is 0.166. The molecule has 0 aliphatic carbocycles. The van der Waals surface area contributed by atoms with Gasteiger partial charge in [-0.1, -0.05) is 6.92 Å². The Labute approximate surface area is 101 Å². The van der Waals surface area contributed by atoms with Crippen molar-refractivity contribution in [2.24, 2.45) is 0 Å². The van der Waals surface area contributed by atoms with E-state index >= 15 is 0 Å². The van der Waals surface area contributed by atoms with Crippen LogP contribution in [0.25, 0.3) is 10.9 Å². The smallest absolute Gasteiger partial charge is 0.307 e. The molecule has 8 heteroatoms. The minimum Gasteiger partial charge on any atom is -0.307 e. The average Bonchev–Trinajstić information content (AvgIpc) is 2.25. The van der Waals surface area contributed by atoms with Crippen LogP contribution in [0.5, 0.6) is 0 Å². The lowest BCUT2D eigenvalue weighted by Crippen LogP contribution is -2.23. The molecule has 3 N–H and O–H groups in total. The Hall–Kier alpha value is -1.93. The highest BCUT2D eigenvalue weighted by Crippen LogP contribution is 2.22. The van der Waals surface area contributed by atoms with Gasteiger partial charge in [0.25, 0.3) is 15.7 Å². The van der Waals surface area contributed by atoms with Gasteiger partial charge in [0.2, 0.25) is 0 Å². The zero-order valence-corrected chi connectivity index (χ0v) is 10.2. The maximum absolute atomic E-state index is 11.5. The first-order valence-electron chi connectivity index (χ1n) is 5.10. The third-order valence-electron chi connectivity index (χ3n) is 2.61. The normalized spacial score (nSPS) is 11.9. The van der Waals surface area contributed by atoms with Crippen LogP contribution in [0.4, 0.5) is 0 Å². The van der Waals surface area contributed by atoms with Crippen LogP contribution in [0.3, 0.4) is 0 Å². The van der Waals surface area contributed by atoms with Crippen LogP contribution in [0, 0.1) is 0 Å². The molecule has 0 amide bonds. The van der Waals surface area contributed by atoms with Gasteiger partial charge in [0.1, 0.15) is 0 Å². The molecule has 0 aliphatic rings. The van der Waals surface area contributed by atoms with Gasteiger partial charge in [-0.25, -0.2) is 4.79 Å². The van der Waals surface area contributed by atoms with Gasteiger partial charge in [0.15, 0.2) is 0 Å². The molecule has 2 aromatic rings. The molecule has 7 nitrogen and oxygen atoms in total. The third-order valence-corrected chi connectivity index (χ3v) is 3.55. The fraction of sp³-hybridized carbons (Fsp3) is 0.200. The molecule has 0 spiro atoms. The topological polar surface area (TPSA) is 120 Å². The first-order valence-corrected chi connectivity index (χ1v) is 6.54. The molecule has 0 radical (unpaired) electrons. The van der Waals surface area contributed by atoms with Crippen molar-refractivity contribution in [1.82, 2.24) is 9.97 Å². The quantitative estimate of drug-likeness (QED) is 0.665. The van der Waals surface area contributed by atoms with Crippen molar-refractivity contribution >= 4 is 21.0 Å². The molecular formula is C10H10N2O5S. The Morgan fingerprint density at radius 1 is 1.22 bits per heavy atom. The van der Waals surface area contributed by atoms with Crippen molar-refractivity contribution in [2.75, 3.05) is 0 Å². The van der Waals surface area contributed by atoms with E-state index in [0.717, 1.165) is 6.07 Å². The van der Waals surface area contributed by atoms with Gasteiger partial charge < -0.3 is 4.98 Å². The number of aromatic nitrogens is 2. The zero-order chi connectivity index (χ0) is 13.5. The second kappa shape index (κ2) is 4.07. The highest BCUT2D eigenvalue weighted by molar-refractivity contribution is 7.85. The van der Waals surface area contributed by atoms with Crippen LogP contribution in [0.1, 0.15) is 12.5 Å². The molecule has 0 atom stereocenters. The molecule has 1 aromatic carbocycles. The van der Waals surface area contributed by atoms with E-state index in [2.05, 4.69) is 4.98 Å². The predicted molar refractivity (Wildman–Crippen MR) is 64.4 cm³/mol. The van der Waals surface area contributed by atoms with Gasteiger partial charge >= 0.3 is 5.69 Å². The Morgan fingerprint density at radius 3 is 2.44 bits per heavy atom. The van der Waals surface area contributed by atoms with Crippen molar-refractivity contribution in [3.05, 3.63) is 38.5 Å². The number of nitrogens with one attached hydrogen (secondary N) is 2. The Morgan fingerprint density at radius 2 is 1.89 bits per heavy atom. The molecule has 1 aromatic heterocycles. The molecule has 0 bridgehead atoms. The van der Waals surface area contributed by atoms with Crippen LogP contribution in [-0.2, 0) is 16.5 Å². The molecule has 0 saturated carbocycles. The summed E-state index contributed by atoms with van der Waals surface area (Å²) in [7, 11) is -4.40. The fourth-order valence-electron chi connectivity index (χ4n) is 1.87. The zero-order valence-electron chi connectivity index (χ0n) is 9.35. The minimum atomic E-state index is -4.40. The average molecular weight is 270 g/mol. The number of H-pyrrole nitrogens is 2. The first-order chi connectivity index (χ1) is 8.34. The maximum atomic E-state index is 11.5. The van der Waals surface area contributed by atoms with E-state index in [1.807, 2.05) is 4.98 Å². The third kappa shape index (κ3) is 1.95. The largest absolute Gasteiger partial charge is 0.326 e. The molecule has 0 saturated heterocycles. The van der Waals surface area contributed by atoms with Crippen molar-refractivity contribution in [3.8, 4) is 0 Å². The number of benzene rings is 1. The van der Waals surface area contributed by atoms with E-state index in [4.69, 9.17) is 4.55 Å². The Kier molecular flexibility index (Phi) is 2.83. The van der Waals surface area contributed by atoms with Gasteiger partial charge in [-0.05, 0) is 24.1 Å². The van der Waals surface area contributed by atoms with E-state index in [0.29, 0.717) is 0 Å². The molecule has 1 heterocycles. The molecule has 0 fully saturated rings. The highest BCUT2D eigenvalue weighted by atomic mass is 32.2. The number of hydrogen-bond acceptors (Lipinski definition) is 4. The van der Waals surface area contributed by atoms with Gasteiger partial charge in [0, 0.05) is 0 Å².